The molecule has 0 saturated heterocycles. The Morgan fingerprint density at radius 2 is 1.85 bits per heavy atom. The van der Waals surface area contributed by atoms with Crippen LogP contribution >= 0.6 is 0 Å². The van der Waals surface area contributed by atoms with E-state index in [9.17, 15) is 18.0 Å². The van der Waals surface area contributed by atoms with Gasteiger partial charge in [-0.15, -0.1) is 0 Å². The largest absolute Gasteiger partial charge is 0.468 e. The van der Waals surface area contributed by atoms with Crippen LogP contribution in [0.3, 0.4) is 0 Å². The van der Waals surface area contributed by atoms with Crippen LogP contribution in [0.1, 0.15) is 48.8 Å². The van der Waals surface area contributed by atoms with Gasteiger partial charge in [0.1, 0.15) is 22.9 Å². The Bertz CT molecular complexity index is 1280. The molecule has 0 bridgehead atoms. The second-order valence-corrected chi connectivity index (χ2v) is 8.33. The molecule has 4 rings (SSSR count). The quantitative estimate of drug-likeness (QED) is 0.300. The minimum atomic E-state index is -4.58. The van der Waals surface area contributed by atoms with Gasteiger partial charge in [-0.05, 0) is 38.5 Å². The Balaban J connectivity index is 1.75. The minimum absolute atomic E-state index is 0.0307. The van der Waals surface area contributed by atoms with Gasteiger partial charge in [0.05, 0.1) is 10.9 Å². The second-order valence-electron chi connectivity index (χ2n) is 8.33. The fourth-order valence-corrected chi connectivity index (χ4v) is 3.58. The normalized spacial score (nSPS) is 16.6. The number of pyridine rings is 3. The van der Waals surface area contributed by atoms with Gasteiger partial charge < -0.3 is 14.8 Å². The summed E-state index contributed by atoms with van der Waals surface area (Å²) in [7, 11) is 0. The molecule has 3 aromatic heterocycles. The minimum Gasteiger partial charge on any atom is -0.468 e. The number of anilines is 2. The first-order chi connectivity index (χ1) is 15.8. The lowest BCUT2D eigenvalue weighted by Gasteiger charge is -2.21. The van der Waals surface area contributed by atoms with Crippen LogP contribution in [-0.2, 0) is 16.1 Å². The molecule has 3 N–H and O–H groups in total. The molecule has 0 radical (unpaired) electrons. The molecule has 3 aromatic rings. The number of nitrogens with zero attached hydrogens (tertiary/aromatic N) is 3. The molecule has 34 heavy (non-hydrogen) atoms. The summed E-state index contributed by atoms with van der Waals surface area (Å²) in [6, 6.07) is 4.53. The van der Waals surface area contributed by atoms with E-state index in [0.717, 1.165) is 6.20 Å². The smallest absolute Gasteiger partial charge is 0.422 e. The highest BCUT2D eigenvalue weighted by Crippen LogP contribution is 2.37. The van der Waals surface area contributed by atoms with Gasteiger partial charge in [0.15, 0.2) is 12.4 Å². The average Bonchev–Trinajstić information content (AvgIpc) is 2.99. The SMILES string of the molecule is CC[C@](N)(F)c1cnc(OCC(F)(F)F)c2cnc(Nc3ccc4c(n3)C(C)(C)OC4=O)cc12. The van der Waals surface area contributed by atoms with Crippen LogP contribution in [0.4, 0.5) is 29.2 Å². The Hall–Kier alpha value is -3.54. The lowest BCUT2D eigenvalue weighted by atomic mass is 9.99. The molecule has 0 fully saturated rings. The Morgan fingerprint density at radius 1 is 1.12 bits per heavy atom. The van der Waals surface area contributed by atoms with Crippen LogP contribution in [-0.4, -0.2) is 33.7 Å². The van der Waals surface area contributed by atoms with E-state index >= 15 is 4.39 Å². The van der Waals surface area contributed by atoms with Crippen molar-refractivity contribution < 1.29 is 31.8 Å². The van der Waals surface area contributed by atoms with E-state index in [1.807, 2.05) is 0 Å². The number of ether oxygens (including phenoxy) is 2. The predicted octanol–water partition coefficient (Wildman–Crippen LogP) is 4.61. The molecule has 1 atom stereocenters. The van der Waals surface area contributed by atoms with Crippen LogP contribution in [0.25, 0.3) is 10.8 Å². The van der Waals surface area contributed by atoms with E-state index in [1.165, 1.54) is 19.2 Å². The molecule has 0 aromatic carbocycles. The van der Waals surface area contributed by atoms with Crippen LogP contribution in [0.15, 0.2) is 30.6 Å². The third kappa shape index (κ3) is 4.45. The molecular formula is C22H21F4N5O3. The van der Waals surface area contributed by atoms with Crippen LogP contribution in [0.2, 0.25) is 0 Å². The molecule has 12 heteroatoms. The highest BCUT2D eigenvalue weighted by Gasteiger charge is 2.39. The van der Waals surface area contributed by atoms with E-state index in [2.05, 4.69) is 20.3 Å². The number of carbonyl (C=O) groups is 1. The van der Waals surface area contributed by atoms with E-state index in [1.54, 1.807) is 26.0 Å². The number of cyclic esters (lactones) is 1. The first-order valence-electron chi connectivity index (χ1n) is 10.3. The van der Waals surface area contributed by atoms with Gasteiger partial charge in [-0.3, -0.25) is 5.73 Å². The van der Waals surface area contributed by atoms with Crippen molar-refractivity contribution in [2.75, 3.05) is 11.9 Å². The van der Waals surface area contributed by atoms with Crippen molar-refractivity contribution in [1.29, 1.82) is 0 Å². The maximum Gasteiger partial charge on any atom is 0.422 e. The molecule has 8 nitrogen and oxygen atoms in total. The third-order valence-corrected chi connectivity index (χ3v) is 5.36. The lowest BCUT2D eigenvalue weighted by molar-refractivity contribution is -0.153. The van der Waals surface area contributed by atoms with Crippen LogP contribution in [0.5, 0.6) is 5.88 Å². The van der Waals surface area contributed by atoms with Crippen molar-refractivity contribution in [3.8, 4) is 5.88 Å². The van der Waals surface area contributed by atoms with E-state index in [0.29, 0.717) is 17.1 Å². The predicted molar refractivity (Wildman–Crippen MR) is 114 cm³/mol. The summed E-state index contributed by atoms with van der Waals surface area (Å²) in [5.41, 5.74) is 5.61. The summed E-state index contributed by atoms with van der Waals surface area (Å²) >= 11 is 0. The molecule has 0 amide bonds. The fourth-order valence-electron chi connectivity index (χ4n) is 3.58. The molecular weight excluding hydrogens is 458 g/mol. The Kier molecular flexibility index (Phi) is 5.59. The van der Waals surface area contributed by atoms with Gasteiger partial charge >= 0.3 is 12.1 Å². The summed E-state index contributed by atoms with van der Waals surface area (Å²) in [4.78, 5) is 24.4. The summed E-state index contributed by atoms with van der Waals surface area (Å²) in [6.07, 6.45) is -2.41. The monoisotopic (exact) mass is 479 g/mol. The number of carbonyl (C=O) groups excluding carboxylic acids is 1. The molecule has 1 aliphatic heterocycles. The fraction of sp³-hybridized carbons (Fsp3) is 0.364. The van der Waals surface area contributed by atoms with Gasteiger partial charge in [-0.1, -0.05) is 6.92 Å². The zero-order chi connectivity index (χ0) is 24.9. The van der Waals surface area contributed by atoms with Gasteiger partial charge in [-0.25, -0.2) is 24.1 Å². The van der Waals surface area contributed by atoms with Crippen LogP contribution in [0, 0.1) is 0 Å². The second kappa shape index (κ2) is 8.05. The number of nitrogens with two attached hydrogens (primary N) is 1. The number of esters is 1. The number of hydrogen-bond donors (Lipinski definition) is 2. The first kappa shape index (κ1) is 23.6. The first-order valence-corrected chi connectivity index (χ1v) is 10.3. The van der Waals surface area contributed by atoms with Gasteiger partial charge in [0, 0.05) is 23.3 Å². The molecule has 0 saturated carbocycles. The van der Waals surface area contributed by atoms with Gasteiger partial charge in [0.2, 0.25) is 5.88 Å². The maximum absolute atomic E-state index is 15.0. The van der Waals surface area contributed by atoms with Crippen molar-refractivity contribution in [3.05, 3.63) is 47.4 Å². The standard InChI is InChI=1S/C22H21F4N5O3/c1-4-21(23,27)14-9-29-18(33-10-22(24,25)26)13-8-28-16(7-12(13)14)30-15-6-5-11-17(31-15)20(2,3)34-19(11)32/h5-9H,4,10,27H2,1-3H3,(H,28,30,31)/t21-/m1/s1. The van der Waals surface area contributed by atoms with E-state index < -0.39 is 30.1 Å². The molecule has 4 heterocycles. The van der Waals surface area contributed by atoms with Crippen molar-refractivity contribution in [1.82, 2.24) is 15.0 Å². The van der Waals surface area contributed by atoms with Crippen molar-refractivity contribution in [2.45, 2.75) is 44.8 Å². The summed E-state index contributed by atoms with van der Waals surface area (Å²) < 4.78 is 63.1. The van der Waals surface area contributed by atoms with Crippen LogP contribution < -0.4 is 15.8 Å². The highest BCUT2D eigenvalue weighted by atomic mass is 19.4. The highest BCUT2D eigenvalue weighted by molar-refractivity contribution is 5.94. The number of fused-ring (bicyclic) bond motifs is 2. The summed E-state index contributed by atoms with van der Waals surface area (Å²) in [5, 5.41) is 3.20. The zero-order valence-corrected chi connectivity index (χ0v) is 18.5. The molecule has 0 aliphatic carbocycles. The molecule has 180 valence electrons. The van der Waals surface area contributed by atoms with E-state index in [-0.39, 0.29) is 34.5 Å². The zero-order valence-electron chi connectivity index (χ0n) is 18.5. The molecule has 0 unspecified atom stereocenters. The van der Waals surface area contributed by atoms with Crippen molar-refractivity contribution in [2.24, 2.45) is 5.73 Å². The maximum atomic E-state index is 15.0. The Labute approximate surface area is 191 Å². The third-order valence-electron chi connectivity index (χ3n) is 5.36. The number of alkyl halides is 4. The number of rotatable bonds is 6. The molecule has 0 spiro atoms. The van der Waals surface area contributed by atoms with Crippen molar-refractivity contribution in [3.63, 3.8) is 0 Å². The molecule has 1 aliphatic rings. The number of halogens is 4. The Morgan fingerprint density at radius 3 is 2.53 bits per heavy atom. The van der Waals surface area contributed by atoms with Gasteiger partial charge in [-0.2, -0.15) is 13.2 Å². The van der Waals surface area contributed by atoms with Crippen molar-refractivity contribution >= 4 is 28.4 Å². The number of hydrogen-bond acceptors (Lipinski definition) is 8. The number of aromatic nitrogens is 3. The topological polar surface area (TPSA) is 112 Å². The van der Waals surface area contributed by atoms with E-state index in [4.69, 9.17) is 15.2 Å². The van der Waals surface area contributed by atoms with Gasteiger partial charge in [0.25, 0.3) is 0 Å². The number of nitrogens with one attached hydrogen (secondary N) is 1. The summed E-state index contributed by atoms with van der Waals surface area (Å²) in [5.74, 6) is -2.58. The summed E-state index contributed by atoms with van der Waals surface area (Å²) in [6.45, 7) is 3.37. The lowest BCUT2D eigenvalue weighted by Crippen LogP contribution is -2.31. The average molecular weight is 479 g/mol.